The van der Waals surface area contributed by atoms with E-state index < -0.39 is 0 Å². The van der Waals surface area contributed by atoms with Gasteiger partial charge in [-0.15, -0.1) is 0 Å². The van der Waals surface area contributed by atoms with Crippen LogP contribution in [0, 0.1) is 0 Å². The van der Waals surface area contributed by atoms with Crippen molar-refractivity contribution in [2.75, 3.05) is 28.2 Å². The smallest absolute Gasteiger partial charge is 0.146 e. The van der Waals surface area contributed by atoms with Gasteiger partial charge in [0.2, 0.25) is 0 Å². The zero-order chi connectivity index (χ0) is 9.72. The SMILES string of the molecule is CN(C)C(=S)SSC(=S)N(C)C.[Te]. The van der Waals surface area contributed by atoms with Crippen molar-refractivity contribution < 1.29 is 0 Å². The van der Waals surface area contributed by atoms with Gasteiger partial charge in [0.15, 0.2) is 0 Å². The number of thiocarbonyl (C=S) groups is 2. The molecule has 0 amide bonds. The third-order valence-corrected chi connectivity index (χ3v) is 5.07. The van der Waals surface area contributed by atoms with Crippen LogP contribution in [-0.2, 0) is 0 Å². The van der Waals surface area contributed by atoms with Crippen molar-refractivity contribution in [1.82, 2.24) is 9.80 Å². The maximum atomic E-state index is 5.07. The topological polar surface area (TPSA) is 6.48 Å². The summed E-state index contributed by atoms with van der Waals surface area (Å²) >= 11 is 10.1. The monoisotopic (exact) mass is 370 g/mol. The van der Waals surface area contributed by atoms with Crippen LogP contribution in [0.5, 0.6) is 0 Å². The van der Waals surface area contributed by atoms with Gasteiger partial charge in [-0.05, 0) is 21.6 Å². The standard InChI is InChI=1S/C6H12N2S4.Te/c1-7(2)5(9)11-12-6(10)8(3)4;/h1-4H3;. The molecule has 0 aromatic rings. The molecule has 7 heteroatoms. The molecule has 0 aliphatic heterocycles. The van der Waals surface area contributed by atoms with E-state index in [0.717, 1.165) is 8.64 Å². The van der Waals surface area contributed by atoms with Crippen molar-refractivity contribution in [1.29, 1.82) is 0 Å². The van der Waals surface area contributed by atoms with Crippen molar-refractivity contribution in [3.05, 3.63) is 0 Å². The molecule has 0 aromatic carbocycles. The van der Waals surface area contributed by atoms with Crippen molar-refractivity contribution in [2.24, 2.45) is 0 Å². The minimum atomic E-state index is 0. The molecule has 0 aliphatic carbocycles. The van der Waals surface area contributed by atoms with Crippen LogP contribution >= 0.6 is 46.0 Å². The van der Waals surface area contributed by atoms with E-state index in [4.69, 9.17) is 24.4 Å². The fourth-order valence-electron chi connectivity index (χ4n) is 0.220. The fourth-order valence-corrected chi connectivity index (χ4v) is 2.60. The van der Waals surface area contributed by atoms with E-state index in [2.05, 4.69) is 0 Å². The fraction of sp³-hybridized carbons (Fsp3) is 0.667. The number of hydrogen-bond donors (Lipinski definition) is 0. The molecule has 0 spiro atoms. The van der Waals surface area contributed by atoms with Gasteiger partial charge in [0, 0.05) is 51.9 Å². The van der Waals surface area contributed by atoms with Gasteiger partial charge in [0.1, 0.15) is 8.64 Å². The van der Waals surface area contributed by atoms with E-state index >= 15 is 0 Å². The number of hydrogen-bond acceptors (Lipinski definition) is 4. The summed E-state index contributed by atoms with van der Waals surface area (Å²) in [4.78, 5) is 3.79. The predicted octanol–water partition coefficient (Wildman–Crippen LogP) is 1.68. The van der Waals surface area contributed by atoms with Crippen LogP contribution in [0.3, 0.4) is 0 Å². The molecular formula is C6H12N2S4Te. The summed E-state index contributed by atoms with van der Waals surface area (Å²) < 4.78 is 1.67. The molecule has 0 rings (SSSR count). The van der Waals surface area contributed by atoms with Gasteiger partial charge >= 0.3 is 0 Å². The molecule has 2 nitrogen and oxygen atoms in total. The van der Waals surface area contributed by atoms with E-state index in [9.17, 15) is 0 Å². The van der Waals surface area contributed by atoms with Crippen molar-refractivity contribution in [3.63, 3.8) is 0 Å². The maximum Gasteiger partial charge on any atom is 0.146 e. The Morgan fingerprint density at radius 1 is 0.846 bits per heavy atom. The third-order valence-electron chi connectivity index (χ3n) is 0.915. The normalized spacial score (nSPS) is 8.62. The quantitative estimate of drug-likeness (QED) is 0.362. The van der Waals surface area contributed by atoms with Crippen LogP contribution < -0.4 is 0 Å². The molecule has 0 saturated heterocycles. The Balaban J connectivity index is 0. The Labute approximate surface area is 115 Å². The van der Waals surface area contributed by atoms with E-state index in [-0.39, 0.29) is 23.7 Å². The average Bonchev–Trinajstić information content (AvgIpc) is 1.98. The summed E-state index contributed by atoms with van der Waals surface area (Å²) in [6.45, 7) is 0. The second-order valence-corrected chi connectivity index (χ2v) is 5.88. The van der Waals surface area contributed by atoms with Crippen molar-refractivity contribution in [3.8, 4) is 0 Å². The summed E-state index contributed by atoms with van der Waals surface area (Å²) in [6.07, 6.45) is 0. The van der Waals surface area contributed by atoms with Gasteiger partial charge in [-0.3, -0.25) is 0 Å². The number of nitrogens with zero attached hydrogens (tertiary/aromatic N) is 2. The Morgan fingerprint density at radius 3 is 1.23 bits per heavy atom. The number of rotatable bonds is 0. The van der Waals surface area contributed by atoms with E-state index in [0.29, 0.717) is 0 Å². The molecule has 0 bridgehead atoms. The van der Waals surface area contributed by atoms with Crippen LogP contribution in [-0.4, -0.2) is 70.3 Å². The molecule has 13 heavy (non-hydrogen) atoms. The molecule has 0 fully saturated rings. The minimum Gasteiger partial charge on any atom is -0.363 e. The molecule has 76 valence electrons. The second-order valence-electron chi connectivity index (χ2n) is 2.49. The zero-order valence-electron chi connectivity index (χ0n) is 7.94. The average molecular weight is 368 g/mol. The molecular weight excluding hydrogens is 356 g/mol. The predicted molar refractivity (Wildman–Crippen MR) is 73.5 cm³/mol. The van der Waals surface area contributed by atoms with Gasteiger partial charge < -0.3 is 9.80 Å². The zero-order valence-corrected chi connectivity index (χ0v) is 13.5. The first-order chi connectivity index (χ1) is 5.45. The Hall–Kier alpha value is 1.27. The Kier molecular flexibility index (Phi) is 11.0. The molecule has 0 saturated carbocycles. The van der Waals surface area contributed by atoms with Crippen molar-refractivity contribution >= 4 is 78.3 Å². The van der Waals surface area contributed by atoms with Crippen LogP contribution in [0.25, 0.3) is 0 Å². The summed E-state index contributed by atoms with van der Waals surface area (Å²) in [5.74, 6) is 0. The second kappa shape index (κ2) is 8.57. The summed E-state index contributed by atoms with van der Waals surface area (Å²) in [7, 11) is 10.7. The Bertz CT molecular complexity index is 163. The van der Waals surface area contributed by atoms with Gasteiger partial charge in [-0.2, -0.15) is 0 Å². The summed E-state index contributed by atoms with van der Waals surface area (Å²) in [5, 5.41) is 0. The molecule has 0 unspecified atom stereocenters. The molecule has 0 aromatic heterocycles. The van der Waals surface area contributed by atoms with E-state index in [1.807, 2.05) is 38.0 Å². The molecule has 2 radical (unpaired) electrons. The van der Waals surface area contributed by atoms with Gasteiger partial charge in [0.25, 0.3) is 0 Å². The van der Waals surface area contributed by atoms with Gasteiger partial charge in [-0.25, -0.2) is 0 Å². The minimum absolute atomic E-state index is 0. The third kappa shape index (κ3) is 8.28. The van der Waals surface area contributed by atoms with E-state index in [1.165, 1.54) is 21.6 Å². The van der Waals surface area contributed by atoms with Crippen LogP contribution in [0.1, 0.15) is 0 Å². The van der Waals surface area contributed by atoms with E-state index in [1.54, 1.807) is 0 Å². The first kappa shape index (κ1) is 16.7. The molecule has 0 N–H and O–H groups in total. The largest absolute Gasteiger partial charge is 0.363 e. The van der Waals surface area contributed by atoms with Crippen LogP contribution in [0.4, 0.5) is 0 Å². The van der Waals surface area contributed by atoms with Gasteiger partial charge in [-0.1, -0.05) is 24.4 Å². The first-order valence-corrected chi connectivity index (χ1v) is 6.19. The van der Waals surface area contributed by atoms with Crippen LogP contribution in [0.15, 0.2) is 0 Å². The Morgan fingerprint density at radius 2 is 1.08 bits per heavy atom. The summed E-state index contributed by atoms with van der Waals surface area (Å²) in [5.41, 5.74) is 0. The molecule has 0 heterocycles. The van der Waals surface area contributed by atoms with Gasteiger partial charge in [0.05, 0.1) is 0 Å². The van der Waals surface area contributed by atoms with Crippen LogP contribution in [0.2, 0.25) is 0 Å². The molecule has 0 aliphatic rings. The molecule has 0 atom stereocenters. The summed E-state index contributed by atoms with van der Waals surface area (Å²) in [6, 6.07) is 0. The maximum absolute atomic E-state index is 5.07. The first-order valence-electron chi connectivity index (χ1n) is 3.22. The van der Waals surface area contributed by atoms with Crippen molar-refractivity contribution in [2.45, 2.75) is 0 Å².